The Morgan fingerprint density at radius 3 is 1.56 bits per heavy atom. The van der Waals surface area contributed by atoms with Crippen LogP contribution in [-0.2, 0) is 0 Å². The van der Waals surface area contributed by atoms with Crippen LogP contribution >= 0.6 is 12.2 Å². The van der Waals surface area contributed by atoms with E-state index in [0.717, 1.165) is 11.1 Å². The van der Waals surface area contributed by atoms with Gasteiger partial charge in [-0.3, -0.25) is 0 Å². The van der Waals surface area contributed by atoms with E-state index in [1.165, 1.54) is 42.5 Å². The van der Waals surface area contributed by atoms with E-state index in [2.05, 4.69) is 20.1 Å². The molecule has 0 saturated carbocycles. The minimum atomic E-state index is -0.165. The third-order valence-corrected chi connectivity index (χ3v) is 9.68. The molecule has 276 valence electrons. The van der Waals surface area contributed by atoms with Crippen molar-refractivity contribution in [3.63, 3.8) is 0 Å². The van der Waals surface area contributed by atoms with Crippen molar-refractivity contribution in [2.75, 3.05) is 0 Å². The number of hydrogen-bond acceptors (Lipinski definition) is 10. The Hall–Kier alpha value is -7.92. The molecule has 0 fully saturated rings. The van der Waals surface area contributed by atoms with Crippen LogP contribution in [0.5, 0.6) is 34.5 Å². The fourth-order valence-corrected chi connectivity index (χ4v) is 7.48. The Morgan fingerprint density at radius 1 is 0.491 bits per heavy atom. The van der Waals surface area contributed by atoms with Gasteiger partial charge in [-0.2, -0.15) is 4.99 Å². The van der Waals surface area contributed by atoms with Crippen LogP contribution in [0.4, 0.5) is 5.69 Å². The van der Waals surface area contributed by atoms with Gasteiger partial charge in [0.15, 0.2) is 0 Å². The predicted molar refractivity (Wildman–Crippen MR) is 225 cm³/mol. The highest BCUT2D eigenvalue weighted by Crippen LogP contribution is 2.42. The van der Waals surface area contributed by atoms with E-state index in [-0.39, 0.29) is 34.5 Å². The molecule has 0 atom stereocenters. The van der Waals surface area contributed by atoms with Gasteiger partial charge in [0, 0.05) is 57.0 Å². The van der Waals surface area contributed by atoms with Crippen molar-refractivity contribution in [1.29, 1.82) is 0 Å². The first-order valence-corrected chi connectivity index (χ1v) is 17.9. The number of thiocarbonyl (C=S) groups is 1. The highest BCUT2D eigenvalue weighted by Gasteiger charge is 2.20. The Labute approximate surface area is 328 Å². The lowest BCUT2D eigenvalue weighted by atomic mass is 9.98. The molecule has 0 radical (unpaired) electrons. The van der Waals surface area contributed by atoms with Crippen molar-refractivity contribution < 1.29 is 30.6 Å². The number of rotatable bonds is 5. The summed E-state index contributed by atoms with van der Waals surface area (Å²) in [7, 11) is 0. The lowest BCUT2D eigenvalue weighted by Gasteiger charge is -2.09. The van der Waals surface area contributed by atoms with Crippen LogP contribution in [0, 0.1) is 0 Å². The van der Waals surface area contributed by atoms with Crippen molar-refractivity contribution in [3.05, 3.63) is 126 Å². The maximum Gasteiger partial charge on any atom is 0.119 e. The number of isothiocyanates is 1. The quantitative estimate of drug-likeness (QED) is 0.0622. The van der Waals surface area contributed by atoms with Crippen LogP contribution < -0.4 is 0 Å². The third-order valence-electron chi connectivity index (χ3n) is 9.59. The normalized spacial score (nSPS) is 11.8. The van der Waals surface area contributed by atoms with Crippen molar-refractivity contribution in [2.45, 2.75) is 0 Å². The summed E-state index contributed by atoms with van der Waals surface area (Å²) in [6, 6.07) is 27.9. The van der Waals surface area contributed by atoms with Gasteiger partial charge < -0.3 is 40.6 Å². The lowest BCUT2D eigenvalue weighted by molar-refractivity contribution is 0.450. The number of benzene rings is 4. The Bertz CT molecular complexity index is 3060. The molecule has 7 aromatic rings. The van der Waals surface area contributed by atoms with Gasteiger partial charge in [0.25, 0.3) is 0 Å². The summed E-state index contributed by atoms with van der Waals surface area (Å²) in [4.78, 5) is 21.4. The zero-order valence-electron chi connectivity index (χ0n) is 29.6. The Morgan fingerprint density at radius 2 is 1.00 bits per heavy atom. The average Bonchev–Trinajstić information content (AvgIpc) is 3.98. The standard InChI is InChI=1S/C45H29N5O6S/c51-30-11-24(12-31(52)19-30)42-37-5-4-28(47-37)17-29-18-36(23-2-1-3-27(10-23)46-22-57)45(48-29)44(26-15-34(55)21-35(56)16-26)41-9-8-40(50-41)43(39-7-6-38(42)49-39)25-13-32(53)20-33(54)14-25/h1-21,48-49,51-56H. The molecule has 12 heteroatoms. The molecular weight excluding hydrogens is 739 g/mol. The highest BCUT2D eigenvalue weighted by atomic mass is 32.1. The summed E-state index contributed by atoms with van der Waals surface area (Å²) in [6.07, 6.45) is 7.31. The molecule has 0 amide bonds. The molecule has 9 rings (SSSR count). The maximum atomic E-state index is 10.7. The third kappa shape index (κ3) is 6.63. The largest absolute Gasteiger partial charge is 0.508 e. The molecule has 8 bridgehead atoms. The van der Waals surface area contributed by atoms with Crippen molar-refractivity contribution >= 4 is 69.4 Å². The number of aromatic hydroxyl groups is 6. The number of hydrogen-bond donors (Lipinski definition) is 8. The van der Waals surface area contributed by atoms with Crippen molar-refractivity contribution in [3.8, 4) is 79.0 Å². The van der Waals surface area contributed by atoms with Crippen LogP contribution in [0.2, 0.25) is 0 Å². The number of aromatic amines is 2. The summed E-state index contributed by atoms with van der Waals surface area (Å²) >= 11 is 4.90. The second-order valence-corrected chi connectivity index (χ2v) is 13.7. The van der Waals surface area contributed by atoms with Gasteiger partial charge in [-0.05, 0) is 132 Å². The number of H-pyrrole nitrogens is 2. The molecular formula is C45H29N5O6S. The molecule has 57 heavy (non-hydrogen) atoms. The molecule has 4 aromatic carbocycles. The van der Waals surface area contributed by atoms with Crippen LogP contribution in [0.15, 0.2) is 108 Å². The number of nitrogens with zero attached hydrogens (tertiary/aromatic N) is 3. The van der Waals surface area contributed by atoms with Crippen molar-refractivity contribution in [2.24, 2.45) is 4.99 Å². The summed E-state index contributed by atoms with van der Waals surface area (Å²) in [5, 5.41) is 66.3. The number of phenolic OH excluding ortho intramolecular Hbond substituents is 6. The summed E-state index contributed by atoms with van der Waals surface area (Å²) in [5.74, 6) is -0.913. The van der Waals surface area contributed by atoms with E-state index in [0.29, 0.717) is 83.9 Å². The molecule has 0 saturated heterocycles. The minimum absolute atomic E-state index is 0.135. The Balaban J connectivity index is 1.49. The minimum Gasteiger partial charge on any atom is -0.508 e. The van der Waals surface area contributed by atoms with E-state index >= 15 is 0 Å². The molecule has 8 N–H and O–H groups in total. The molecule has 2 aliphatic rings. The van der Waals surface area contributed by atoms with Gasteiger partial charge in [-0.25, -0.2) is 9.97 Å². The molecule has 3 aromatic heterocycles. The van der Waals surface area contributed by atoms with Gasteiger partial charge >= 0.3 is 0 Å². The van der Waals surface area contributed by atoms with E-state index in [4.69, 9.17) is 22.2 Å². The molecule has 2 aliphatic heterocycles. The SMILES string of the molecule is Oc1cc(O)cc(-c2c3nc(cc4cc(-c5cccc(N=C=S)c5)c([nH]4)c(-c4cc(O)cc(O)c4)c4nc(c(-c5cc(O)cc(O)c5)c5ccc2[nH]5)C=C4)C=C3)c1. The smallest absolute Gasteiger partial charge is 0.119 e. The van der Waals surface area contributed by atoms with Crippen LogP contribution in [0.1, 0.15) is 22.8 Å². The first-order chi connectivity index (χ1) is 27.6. The van der Waals surface area contributed by atoms with E-state index < -0.39 is 0 Å². The van der Waals surface area contributed by atoms with Gasteiger partial charge in [-0.15, -0.1) is 0 Å². The molecule has 0 unspecified atom stereocenters. The second kappa shape index (κ2) is 13.7. The van der Waals surface area contributed by atoms with Crippen LogP contribution in [-0.4, -0.2) is 55.7 Å². The first kappa shape index (κ1) is 34.8. The monoisotopic (exact) mass is 767 g/mol. The lowest BCUT2D eigenvalue weighted by Crippen LogP contribution is -1.89. The zero-order chi connectivity index (χ0) is 39.4. The van der Waals surface area contributed by atoms with E-state index in [1.54, 1.807) is 18.2 Å². The molecule has 0 aliphatic carbocycles. The number of fused-ring (bicyclic) bond motifs is 8. The highest BCUT2D eigenvalue weighted by molar-refractivity contribution is 7.78. The number of nitrogens with one attached hydrogen (secondary N) is 2. The number of aliphatic imine (C=N–C) groups is 1. The fraction of sp³-hybridized carbons (Fsp3) is 0. The Kier molecular flexibility index (Phi) is 8.39. The number of aromatic nitrogens is 4. The fourth-order valence-electron chi connectivity index (χ4n) is 7.38. The predicted octanol–water partition coefficient (Wildman–Crippen LogP) is 10.3. The number of phenols is 6. The summed E-state index contributed by atoms with van der Waals surface area (Å²) in [5.41, 5.74) is 9.60. The topological polar surface area (TPSA) is 191 Å². The van der Waals surface area contributed by atoms with Crippen molar-refractivity contribution in [1.82, 2.24) is 19.9 Å². The first-order valence-electron chi connectivity index (χ1n) is 17.5. The van der Waals surface area contributed by atoms with Gasteiger partial charge in [0.05, 0.1) is 39.1 Å². The summed E-state index contributed by atoms with van der Waals surface area (Å²) in [6.45, 7) is 0. The van der Waals surface area contributed by atoms with Gasteiger partial charge in [0.2, 0.25) is 0 Å². The van der Waals surface area contributed by atoms with Crippen LogP contribution in [0.25, 0.3) is 90.9 Å². The van der Waals surface area contributed by atoms with Gasteiger partial charge in [-0.1, -0.05) is 12.1 Å². The average molecular weight is 768 g/mol. The molecule has 11 nitrogen and oxygen atoms in total. The van der Waals surface area contributed by atoms with Crippen LogP contribution in [0.3, 0.4) is 0 Å². The van der Waals surface area contributed by atoms with E-state index in [1.807, 2.05) is 66.8 Å². The zero-order valence-corrected chi connectivity index (χ0v) is 30.4. The second-order valence-electron chi connectivity index (χ2n) is 13.5. The summed E-state index contributed by atoms with van der Waals surface area (Å²) < 4.78 is 0. The van der Waals surface area contributed by atoms with E-state index in [9.17, 15) is 30.6 Å². The maximum absolute atomic E-state index is 10.7. The molecule has 0 spiro atoms. The molecule has 5 heterocycles. The van der Waals surface area contributed by atoms with Gasteiger partial charge in [0.1, 0.15) is 34.5 Å².